The first-order valence-corrected chi connectivity index (χ1v) is 6.33. The van der Waals surface area contributed by atoms with Gasteiger partial charge in [0.15, 0.2) is 0 Å². The lowest BCUT2D eigenvalue weighted by molar-refractivity contribution is -0.141. The van der Waals surface area contributed by atoms with E-state index < -0.39 is 5.97 Å². The van der Waals surface area contributed by atoms with Crippen molar-refractivity contribution >= 4 is 16.7 Å². The Hall–Kier alpha value is -1.90. The summed E-state index contributed by atoms with van der Waals surface area (Å²) in [5, 5.41) is 11.5. The van der Waals surface area contributed by atoms with Gasteiger partial charge in [0.2, 0.25) is 0 Å². The molecule has 1 N–H and O–H groups in total. The number of aliphatic carboxylic acids is 1. The van der Waals surface area contributed by atoms with E-state index in [-0.39, 0.29) is 11.8 Å². The molecular weight excluding hydrogens is 226 g/mol. The molecule has 3 rings (SSSR count). The summed E-state index contributed by atoms with van der Waals surface area (Å²) >= 11 is 0. The third-order valence-corrected chi connectivity index (χ3v) is 3.95. The van der Waals surface area contributed by atoms with Gasteiger partial charge in [-0.25, -0.2) is 0 Å². The molecule has 0 saturated heterocycles. The number of aromatic nitrogens is 1. The second kappa shape index (κ2) is 4.41. The molecule has 0 bridgehead atoms. The van der Waals surface area contributed by atoms with Crippen LogP contribution in [0.2, 0.25) is 0 Å². The monoisotopic (exact) mass is 241 g/mol. The number of carbonyl (C=O) groups is 1. The van der Waals surface area contributed by atoms with Crippen molar-refractivity contribution in [3.8, 4) is 0 Å². The molecule has 0 spiro atoms. The molecule has 92 valence electrons. The van der Waals surface area contributed by atoms with Crippen molar-refractivity contribution in [1.82, 2.24) is 4.98 Å². The maximum atomic E-state index is 11.3. The molecule has 0 radical (unpaired) electrons. The number of pyridine rings is 1. The molecule has 1 aliphatic rings. The molecule has 1 aromatic heterocycles. The standard InChI is InChI=1S/C15H15NO2/c17-15(18)13-6-2-5-11(13)12-4-1-3-10-7-8-16-9-14(10)12/h1,3-4,7-9,11,13H,2,5-6H2,(H,17,18). The van der Waals surface area contributed by atoms with Crippen LogP contribution < -0.4 is 0 Å². The highest BCUT2D eigenvalue weighted by Crippen LogP contribution is 2.41. The van der Waals surface area contributed by atoms with E-state index in [0.717, 1.165) is 35.6 Å². The van der Waals surface area contributed by atoms with Gasteiger partial charge >= 0.3 is 5.97 Å². The summed E-state index contributed by atoms with van der Waals surface area (Å²) in [6.07, 6.45) is 6.37. The summed E-state index contributed by atoms with van der Waals surface area (Å²) in [6.45, 7) is 0. The highest BCUT2D eigenvalue weighted by Gasteiger charge is 2.34. The number of carboxylic acids is 1. The van der Waals surface area contributed by atoms with Crippen LogP contribution in [0.25, 0.3) is 10.8 Å². The fourth-order valence-corrected chi connectivity index (χ4v) is 3.09. The third kappa shape index (κ3) is 1.76. The summed E-state index contributed by atoms with van der Waals surface area (Å²) in [5.41, 5.74) is 1.14. The van der Waals surface area contributed by atoms with Crippen molar-refractivity contribution in [3.05, 3.63) is 42.2 Å². The van der Waals surface area contributed by atoms with Crippen LogP contribution in [0, 0.1) is 5.92 Å². The molecule has 2 unspecified atom stereocenters. The van der Waals surface area contributed by atoms with Gasteiger partial charge in [-0.1, -0.05) is 24.6 Å². The number of benzene rings is 1. The zero-order valence-corrected chi connectivity index (χ0v) is 10.0. The predicted octanol–water partition coefficient (Wildman–Crippen LogP) is 3.20. The van der Waals surface area contributed by atoms with Crippen LogP contribution in [0.15, 0.2) is 36.7 Å². The Morgan fingerprint density at radius 2 is 2.17 bits per heavy atom. The molecule has 0 amide bonds. The van der Waals surface area contributed by atoms with Gasteiger partial charge in [0.1, 0.15) is 0 Å². The molecule has 1 heterocycles. The van der Waals surface area contributed by atoms with Crippen LogP contribution in [0.3, 0.4) is 0 Å². The number of rotatable bonds is 2. The Labute approximate surface area is 105 Å². The Bertz CT molecular complexity index is 589. The molecule has 1 saturated carbocycles. The predicted molar refractivity (Wildman–Crippen MR) is 69.5 cm³/mol. The number of nitrogens with zero attached hydrogens (tertiary/aromatic N) is 1. The van der Waals surface area contributed by atoms with Crippen LogP contribution in [-0.4, -0.2) is 16.1 Å². The summed E-state index contributed by atoms with van der Waals surface area (Å²) in [7, 11) is 0. The first kappa shape index (κ1) is 11.2. The fourth-order valence-electron chi connectivity index (χ4n) is 3.09. The summed E-state index contributed by atoms with van der Waals surface area (Å²) in [6, 6.07) is 8.08. The second-order valence-electron chi connectivity index (χ2n) is 4.93. The van der Waals surface area contributed by atoms with Crippen molar-refractivity contribution in [2.24, 2.45) is 5.92 Å². The molecule has 3 heteroatoms. The summed E-state index contributed by atoms with van der Waals surface area (Å²) in [4.78, 5) is 15.5. The highest BCUT2D eigenvalue weighted by molar-refractivity contribution is 5.86. The van der Waals surface area contributed by atoms with E-state index in [1.807, 2.05) is 24.4 Å². The Kier molecular flexibility index (Phi) is 2.74. The number of fused-ring (bicyclic) bond motifs is 1. The van der Waals surface area contributed by atoms with E-state index in [1.165, 1.54) is 0 Å². The number of hydrogen-bond donors (Lipinski definition) is 1. The van der Waals surface area contributed by atoms with E-state index in [2.05, 4.69) is 11.1 Å². The maximum absolute atomic E-state index is 11.3. The topological polar surface area (TPSA) is 50.2 Å². The lowest BCUT2D eigenvalue weighted by Crippen LogP contribution is -2.17. The minimum Gasteiger partial charge on any atom is -0.481 e. The minimum absolute atomic E-state index is 0.135. The van der Waals surface area contributed by atoms with E-state index in [9.17, 15) is 9.90 Å². The van der Waals surface area contributed by atoms with Gasteiger partial charge in [-0.2, -0.15) is 0 Å². The largest absolute Gasteiger partial charge is 0.481 e. The average molecular weight is 241 g/mol. The van der Waals surface area contributed by atoms with Crippen molar-refractivity contribution in [1.29, 1.82) is 0 Å². The van der Waals surface area contributed by atoms with Gasteiger partial charge in [0.05, 0.1) is 5.92 Å². The van der Waals surface area contributed by atoms with Crippen LogP contribution in [0.4, 0.5) is 0 Å². The number of hydrogen-bond acceptors (Lipinski definition) is 2. The minimum atomic E-state index is -0.668. The quantitative estimate of drug-likeness (QED) is 0.878. The van der Waals surface area contributed by atoms with Gasteiger partial charge in [0, 0.05) is 17.8 Å². The normalized spacial score (nSPS) is 23.3. The molecule has 2 aromatic rings. The first-order chi connectivity index (χ1) is 8.77. The molecule has 2 atom stereocenters. The number of carboxylic acid groups (broad SMARTS) is 1. The van der Waals surface area contributed by atoms with Gasteiger partial charge in [-0.15, -0.1) is 0 Å². The third-order valence-electron chi connectivity index (χ3n) is 3.95. The molecule has 1 aliphatic carbocycles. The van der Waals surface area contributed by atoms with E-state index in [1.54, 1.807) is 6.20 Å². The maximum Gasteiger partial charge on any atom is 0.307 e. The Balaban J connectivity index is 2.11. The van der Waals surface area contributed by atoms with Gasteiger partial charge < -0.3 is 5.11 Å². The Morgan fingerprint density at radius 3 is 3.00 bits per heavy atom. The molecule has 18 heavy (non-hydrogen) atoms. The zero-order valence-electron chi connectivity index (χ0n) is 10.0. The van der Waals surface area contributed by atoms with Crippen molar-refractivity contribution in [2.75, 3.05) is 0 Å². The van der Waals surface area contributed by atoms with Crippen LogP contribution in [-0.2, 0) is 4.79 Å². The van der Waals surface area contributed by atoms with Crippen LogP contribution in [0.1, 0.15) is 30.7 Å². The second-order valence-corrected chi connectivity index (χ2v) is 4.93. The van der Waals surface area contributed by atoms with Crippen LogP contribution in [0.5, 0.6) is 0 Å². The lowest BCUT2D eigenvalue weighted by atomic mass is 9.86. The first-order valence-electron chi connectivity index (χ1n) is 6.33. The van der Waals surface area contributed by atoms with E-state index in [0.29, 0.717) is 0 Å². The molecular formula is C15H15NO2. The van der Waals surface area contributed by atoms with E-state index in [4.69, 9.17) is 0 Å². The zero-order chi connectivity index (χ0) is 12.5. The van der Waals surface area contributed by atoms with Crippen molar-refractivity contribution in [2.45, 2.75) is 25.2 Å². The van der Waals surface area contributed by atoms with Crippen LogP contribution >= 0.6 is 0 Å². The highest BCUT2D eigenvalue weighted by atomic mass is 16.4. The van der Waals surface area contributed by atoms with E-state index >= 15 is 0 Å². The lowest BCUT2D eigenvalue weighted by Gasteiger charge is -2.18. The van der Waals surface area contributed by atoms with Gasteiger partial charge in [-0.05, 0) is 35.8 Å². The SMILES string of the molecule is O=C(O)C1CCCC1c1cccc2ccncc12. The molecule has 1 fully saturated rings. The van der Waals surface area contributed by atoms with Gasteiger partial charge in [-0.3, -0.25) is 9.78 Å². The van der Waals surface area contributed by atoms with Crippen molar-refractivity contribution < 1.29 is 9.90 Å². The fraction of sp³-hybridized carbons (Fsp3) is 0.333. The summed E-state index contributed by atoms with van der Waals surface area (Å²) < 4.78 is 0. The molecule has 3 nitrogen and oxygen atoms in total. The Morgan fingerprint density at radius 1 is 1.28 bits per heavy atom. The average Bonchev–Trinajstić information content (AvgIpc) is 2.87. The van der Waals surface area contributed by atoms with Crippen molar-refractivity contribution in [3.63, 3.8) is 0 Å². The smallest absolute Gasteiger partial charge is 0.307 e. The molecule has 1 aromatic carbocycles. The molecule has 0 aliphatic heterocycles. The summed E-state index contributed by atoms with van der Waals surface area (Å²) in [5.74, 6) is -0.774. The van der Waals surface area contributed by atoms with Gasteiger partial charge in [0.25, 0.3) is 0 Å².